The molecule has 6 heteroatoms. The normalized spacial score (nSPS) is 11.5. The number of hydrogen-bond acceptors (Lipinski definition) is 4. The Hall–Kier alpha value is -1.37. The number of aliphatic hydroxyl groups excluding tert-OH is 1. The van der Waals surface area contributed by atoms with E-state index in [9.17, 15) is 8.42 Å². The van der Waals surface area contributed by atoms with Gasteiger partial charge in [0.15, 0.2) is 0 Å². The molecule has 0 aliphatic carbocycles. The Labute approximate surface area is 116 Å². The van der Waals surface area contributed by atoms with Gasteiger partial charge in [-0.2, -0.15) is 0 Å². The standard InChI is InChI=1S/C13H15NO3S2/c1-2-10-4-3-5-11(8-10)14-19(16,17)13-7-6-12(9-15)18-13/h3-8,14-15H,2,9H2,1H3. The van der Waals surface area contributed by atoms with Crippen molar-refractivity contribution in [3.63, 3.8) is 0 Å². The average Bonchev–Trinajstić information content (AvgIpc) is 2.88. The van der Waals surface area contributed by atoms with Crippen molar-refractivity contribution in [2.45, 2.75) is 24.2 Å². The molecule has 0 aliphatic heterocycles. The van der Waals surface area contributed by atoms with Crippen molar-refractivity contribution in [2.75, 3.05) is 4.72 Å². The van der Waals surface area contributed by atoms with Crippen LogP contribution in [0, 0.1) is 0 Å². The summed E-state index contributed by atoms with van der Waals surface area (Å²) in [6.07, 6.45) is 0.850. The number of benzene rings is 1. The molecule has 2 rings (SSSR count). The number of anilines is 1. The zero-order chi connectivity index (χ0) is 13.9. The summed E-state index contributed by atoms with van der Waals surface area (Å²) < 4.78 is 27.1. The van der Waals surface area contributed by atoms with Crippen molar-refractivity contribution in [2.24, 2.45) is 0 Å². The zero-order valence-corrected chi connectivity index (χ0v) is 12.1. The summed E-state index contributed by atoms with van der Waals surface area (Å²) in [6.45, 7) is 1.87. The molecule has 0 unspecified atom stereocenters. The third-order valence-corrected chi connectivity index (χ3v) is 5.59. The summed E-state index contributed by atoms with van der Waals surface area (Å²) in [7, 11) is -3.57. The van der Waals surface area contributed by atoms with Crippen LogP contribution in [0.2, 0.25) is 0 Å². The number of hydrogen-bond donors (Lipinski definition) is 2. The number of aliphatic hydroxyl groups is 1. The van der Waals surface area contributed by atoms with Crippen LogP contribution in [-0.4, -0.2) is 13.5 Å². The summed E-state index contributed by atoms with van der Waals surface area (Å²) in [6, 6.07) is 10.4. The lowest BCUT2D eigenvalue weighted by Crippen LogP contribution is -2.11. The molecule has 0 amide bonds. The van der Waals surface area contributed by atoms with Gasteiger partial charge in [-0.25, -0.2) is 8.42 Å². The number of sulfonamides is 1. The minimum absolute atomic E-state index is 0.147. The van der Waals surface area contributed by atoms with E-state index < -0.39 is 10.0 Å². The van der Waals surface area contributed by atoms with Crippen LogP contribution in [0.15, 0.2) is 40.6 Å². The van der Waals surface area contributed by atoms with Crippen LogP contribution in [0.3, 0.4) is 0 Å². The van der Waals surface area contributed by atoms with E-state index in [1.807, 2.05) is 25.1 Å². The third-order valence-electron chi connectivity index (χ3n) is 2.65. The van der Waals surface area contributed by atoms with Crippen molar-refractivity contribution in [1.29, 1.82) is 0 Å². The molecular formula is C13H15NO3S2. The predicted molar refractivity (Wildman–Crippen MR) is 76.9 cm³/mol. The van der Waals surface area contributed by atoms with Gasteiger partial charge in [-0.15, -0.1) is 11.3 Å². The molecule has 1 heterocycles. The highest BCUT2D eigenvalue weighted by Gasteiger charge is 2.16. The van der Waals surface area contributed by atoms with Gasteiger partial charge in [0.25, 0.3) is 10.0 Å². The van der Waals surface area contributed by atoms with E-state index in [2.05, 4.69) is 4.72 Å². The summed E-state index contributed by atoms with van der Waals surface area (Å²) in [4.78, 5) is 0.627. The summed E-state index contributed by atoms with van der Waals surface area (Å²) in [5, 5.41) is 8.97. The first-order valence-corrected chi connectivity index (χ1v) is 8.16. The minimum atomic E-state index is -3.57. The first kappa shape index (κ1) is 14.0. The maximum Gasteiger partial charge on any atom is 0.271 e. The molecule has 2 aromatic rings. The number of aryl methyl sites for hydroxylation is 1. The molecular weight excluding hydrogens is 282 g/mol. The highest BCUT2D eigenvalue weighted by atomic mass is 32.2. The molecule has 0 saturated heterocycles. The fourth-order valence-electron chi connectivity index (χ4n) is 1.65. The molecule has 1 aromatic heterocycles. The van der Waals surface area contributed by atoms with Crippen LogP contribution < -0.4 is 4.72 Å². The van der Waals surface area contributed by atoms with E-state index >= 15 is 0 Å². The van der Waals surface area contributed by atoms with E-state index in [1.54, 1.807) is 12.1 Å². The second kappa shape index (κ2) is 5.73. The van der Waals surface area contributed by atoms with Crippen molar-refractivity contribution < 1.29 is 13.5 Å². The molecule has 2 N–H and O–H groups in total. The second-order valence-electron chi connectivity index (χ2n) is 4.04. The van der Waals surface area contributed by atoms with Gasteiger partial charge in [0.1, 0.15) is 4.21 Å². The Kier molecular flexibility index (Phi) is 4.24. The topological polar surface area (TPSA) is 66.4 Å². The highest BCUT2D eigenvalue weighted by molar-refractivity contribution is 7.94. The van der Waals surface area contributed by atoms with Gasteiger partial charge in [-0.1, -0.05) is 19.1 Å². The Bertz CT molecular complexity index is 662. The maximum atomic E-state index is 12.1. The van der Waals surface area contributed by atoms with Crippen LogP contribution in [0.1, 0.15) is 17.4 Å². The average molecular weight is 297 g/mol. The lowest BCUT2D eigenvalue weighted by Gasteiger charge is -2.07. The molecule has 0 atom stereocenters. The van der Waals surface area contributed by atoms with Gasteiger partial charge in [0, 0.05) is 10.6 Å². The molecule has 102 valence electrons. The molecule has 0 bridgehead atoms. The molecule has 1 aromatic carbocycles. The van der Waals surface area contributed by atoms with Crippen LogP contribution in [0.25, 0.3) is 0 Å². The molecule has 4 nitrogen and oxygen atoms in total. The highest BCUT2D eigenvalue weighted by Crippen LogP contribution is 2.24. The lowest BCUT2D eigenvalue weighted by molar-refractivity contribution is 0.285. The first-order chi connectivity index (χ1) is 9.05. The van der Waals surface area contributed by atoms with Gasteiger partial charge in [-0.3, -0.25) is 4.72 Å². The second-order valence-corrected chi connectivity index (χ2v) is 7.12. The number of rotatable bonds is 5. The molecule has 0 fully saturated rings. The van der Waals surface area contributed by atoms with Crippen molar-refractivity contribution in [3.05, 3.63) is 46.8 Å². The van der Waals surface area contributed by atoms with Crippen molar-refractivity contribution >= 4 is 27.0 Å². The maximum absolute atomic E-state index is 12.1. The van der Waals surface area contributed by atoms with E-state index in [-0.39, 0.29) is 10.8 Å². The monoisotopic (exact) mass is 297 g/mol. The number of thiophene rings is 1. The summed E-state index contributed by atoms with van der Waals surface area (Å²) in [5.41, 5.74) is 1.63. The Morgan fingerprint density at radius 1 is 1.26 bits per heavy atom. The van der Waals surface area contributed by atoms with Crippen LogP contribution in [-0.2, 0) is 23.1 Å². The minimum Gasteiger partial charge on any atom is -0.391 e. The van der Waals surface area contributed by atoms with Crippen LogP contribution in [0.5, 0.6) is 0 Å². The smallest absolute Gasteiger partial charge is 0.271 e. The van der Waals surface area contributed by atoms with Crippen molar-refractivity contribution in [3.8, 4) is 0 Å². The summed E-state index contributed by atoms with van der Waals surface area (Å²) in [5.74, 6) is 0. The van der Waals surface area contributed by atoms with E-state index in [0.717, 1.165) is 23.3 Å². The van der Waals surface area contributed by atoms with Crippen molar-refractivity contribution in [1.82, 2.24) is 0 Å². The van der Waals surface area contributed by atoms with Crippen LogP contribution >= 0.6 is 11.3 Å². The van der Waals surface area contributed by atoms with Gasteiger partial charge in [0.2, 0.25) is 0 Å². The van der Waals surface area contributed by atoms with Crippen LogP contribution in [0.4, 0.5) is 5.69 Å². The largest absolute Gasteiger partial charge is 0.391 e. The third kappa shape index (κ3) is 3.34. The quantitative estimate of drug-likeness (QED) is 0.891. The SMILES string of the molecule is CCc1cccc(NS(=O)(=O)c2ccc(CO)s2)c1. The van der Waals surface area contributed by atoms with Gasteiger partial charge >= 0.3 is 0 Å². The zero-order valence-electron chi connectivity index (χ0n) is 10.5. The molecule has 0 radical (unpaired) electrons. The Balaban J connectivity index is 2.25. The van der Waals surface area contributed by atoms with E-state index in [4.69, 9.17) is 5.11 Å². The van der Waals surface area contributed by atoms with E-state index in [0.29, 0.717) is 10.6 Å². The van der Waals surface area contributed by atoms with E-state index in [1.165, 1.54) is 6.07 Å². The molecule has 0 saturated carbocycles. The fraction of sp³-hybridized carbons (Fsp3) is 0.231. The molecule has 0 aliphatic rings. The number of nitrogens with one attached hydrogen (secondary N) is 1. The lowest BCUT2D eigenvalue weighted by atomic mass is 10.1. The summed E-state index contributed by atoms with van der Waals surface area (Å²) >= 11 is 1.07. The van der Waals surface area contributed by atoms with Gasteiger partial charge in [-0.05, 0) is 36.2 Å². The van der Waals surface area contributed by atoms with Gasteiger partial charge in [0.05, 0.1) is 6.61 Å². The fourth-order valence-corrected chi connectivity index (χ4v) is 3.91. The first-order valence-electron chi connectivity index (χ1n) is 5.86. The predicted octanol–water partition coefficient (Wildman–Crippen LogP) is 2.60. The molecule has 19 heavy (non-hydrogen) atoms. The van der Waals surface area contributed by atoms with Gasteiger partial charge < -0.3 is 5.11 Å². The Morgan fingerprint density at radius 2 is 2.05 bits per heavy atom. The molecule has 0 spiro atoms. The Morgan fingerprint density at radius 3 is 2.68 bits per heavy atom.